The van der Waals surface area contributed by atoms with E-state index in [-0.39, 0.29) is 69.3 Å². The van der Waals surface area contributed by atoms with E-state index in [0.717, 1.165) is 12.8 Å². The molecule has 1 unspecified atom stereocenters. The maximum atomic E-state index is 11.9. The number of rotatable bonds is 7. The summed E-state index contributed by atoms with van der Waals surface area (Å²) in [5, 5.41) is 55.5. The number of benzene rings is 1. The highest BCUT2D eigenvalue weighted by atomic mass is 16.6. The molecule has 8 heteroatoms. The lowest BCUT2D eigenvalue weighted by Crippen LogP contribution is -2.64. The number of aliphatic hydroxyl groups excluding tert-OH is 3. The SMILES string of the molecule is C[C@H](CCC(=O)O)[C@H]1CC[C@H]2[C@@H]3[C@H](O)C[C@@H]4C[C@H](O)CC(Cc5ccccc5[N+](=O)[O-])[C@]4(C)[C@H]3C[C@H](O)[C@]12C. The highest BCUT2D eigenvalue weighted by molar-refractivity contribution is 5.66. The van der Waals surface area contributed by atoms with E-state index in [0.29, 0.717) is 44.1 Å². The van der Waals surface area contributed by atoms with Crippen molar-refractivity contribution < 1.29 is 30.1 Å². The number of carbonyl (C=O) groups is 1. The largest absolute Gasteiger partial charge is 0.481 e. The first-order valence-corrected chi connectivity index (χ1v) is 14.9. The Hall–Kier alpha value is -2.03. The normalized spacial score (nSPS) is 44.1. The van der Waals surface area contributed by atoms with Crippen molar-refractivity contribution in [1.82, 2.24) is 0 Å². The van der Waals surface area contributed by atoms with E-state index >= 15 is 0 Å². The Morgan fingerprint density at radius 1 is 1.05 bits per heavy atom. The Balaban J connectivity index is 1.48. The minimum Gasteiger partial charge on any atom is -0.481 e. The molecule has 4 saturated carbocycles. The van der Waals surface area contributed by atoms with Crippen molar-refractivity contribution in [1.29, 1.82) is 0 Å². The zero-order valence-corrected chi connectivity index (χ0v) is 23.4. The molecule has 0 radical (unpaired) electrons. The molecule has 4 aliphatic carbocycles. The average molecular weight is 544 g/mol. The van der Waals surface area contributed by atoms with Gasteiger partial charge in [0.15, 0.2) is 0 Å². The van der Waals surface area contributed by atoms with E-state index in [2.05, 4.69) is 20.8 Å². The predicted molar refractivity (Wildman–Crippen MR) is 146 cm³/mol. The molecule has 0 aliphatic heterocycles. The summed E-state index contributed by atoms with van der Waals surface area (Å²) in [5.74, 6) is -0.155. The minimum absolute atomic E-state index is 0.00408. The molecule has 1 aromatic rings. The van der Waals surface area contributed by atoms with Crippen LogP contribution in [0, 0.1) is 62.4 Å². The van der Waals surface area contributed by atoms with E-state index in [4.69, 9.17) is 0 Å². The van der Waals surface area contributed by atoms with E-state index in [1.165, 1.54) is 0 Å². The van der Waals surface area contributed by atoms with Gasteiger partial charge >= 0.3 is 5.97 Å². The number of carboxylic acid groups (broad SMARTS) is 1. The second kappa shape index (κ2) is 10.4. The van der Waals surface area contributed by atoms with Crippen molar-refractivity contribution >= 4 is 11.7 Å². The standard InChI is InChI=1S/C31H45NO7/c1-17(8-11-28(36)37)22-9-10-23-29-24(16-27(35)31(22,23)3)30(2)19(13-21(33)14-20(30)15-26(29)34)12-18-6-4-5-7-25(18)32(38)39/h4-7,17,19-24,26-27,29,33-35H,8-16H2,1-3H3,(H,36,37)/t17-,19?,20+,21-,22-,23+,24+,26-,27+,29+,30+,31-/m1/s1. The third-order valence-corrected chi connectivity index (χ3v) is 12.3. The van der Waals surface area contributed by atoms with Gasteiger partial charge in [-0.25, -0.2) is 0 Å². The highest BCUT2D eigenvalue weighted by Crippen LogP contribution is 2.69. The van der Waals surface area contributed by atoms with Gasteiger partial charge in [0.05, 0.1) is 23.2 Å². The number of nitro groups is 1. The van der Waals surface area contributed by atoms with Crippen molar-refractivity contribution in [2.24, 2.45) is 52.3 Å². The molecule has 39 heavy (non-hydrogen) atoms. The number of aliphatic hydroxyl groups is 3. The zero-order chi connectivity index (χ0) is 28.3. The molecule has 5 rings (SSSR count). The van der Waals surface area contributed by atoms with Gasteiger partial charge in [-0.2, -0.15) is 0 Å². The van der Waals surface area contributed by atoms with Crippen LogP contribution in [0.15, 0.2) is 24.3 Å². The van der Waals surface area contributed by atoms with E-state index in [1.807, 2.05) is 12.1 Å². The van der Waals surface area contributed by atoms with E-state index in [1.54, 1.807) is 12.1 Å². The average Bonchev–Trinajstić information content (AvgIpc) is 3.23. The van der Waals surface area contributed by atoms with Crippen LogP contribution in [-0.4, -0.2) is 49.6 Å². The Kier molecular flexibility index (Phi) is 7.61. The fourth-order valence-corrected chi connectivity index (χ4v) is 10.4. The molecule has 0 heterocycles. The molecule has 0 bridgehead atoms. The molecular formula is C31H45NO7. The molecule has 0 spiro atoms. The van der Waals surface area contributed by atoms with Crippen LogP contribution < -0.4 is 0 Å². The maximum absolute atomic E-state index is 11.9. The van der Waals surface area contributed by atoms with Gasteiger partial charge < -0.3 is 20.4 Å². The van der Waals surface area contributed by atoms with Gasteiger partial charge in [-0.1, -0.05) is 39.0 Å². The quantitative estimate of drug-likeness (QED) is 0.285. The summed E-state index contributed by atoms with van der Waals surface area (Å²) in [4.78, 5) is 22.7. The molecule has 216 valence electrons. The van der Waals surface area contributed by atoms with Crippen LogP contribution >= 0.6 is 0 Å². The van der Waals surface area contributed by atoms with Crippen LogP contribution in [0.25, 0.3) is 0 Å². The monoisotopic (exact) mass is 543 g/mol. The summed E-state index contributed by atoms with van der Waals surface area (Å²) in [6.07, 6.45) is 3.77. The third-order valence-electron chi connectivity index (χ3n) is 12.3. The van der Waals surface area contributed by atoms with Gasteiger partial charge in [0.25, 0.3) is 5.69 Å². The van der Waals surface area contributed by atoms with Gasteiger partial charge in [-0.3, -0.25) is 14.9 Å². The number of hydrogen-bond acceptors (Lipinski definition) is 6. The van der Waals surface area contributed by atoms with Crippen LogP contribution in [0.4, 0.5) is 5.69 Å². The molecule has 4 aliphatic rings. The molecule has 0 aromatic heterocycles. The molecule has 0 amide bonds. The van der Waals surface area contributed by atoms with E-state index in [9.17, 15) is 35.3 Å². The van der Waals surface area contributed by atoms with Gasteiger partial charge in [-0.15, -0.1) is 0 Å². The Bertz CT molecular complexity index is 1090. The van der Waals surface area contributed by atoms with Crippen LogP contribution in [0.3, 0.4) is 0 Å². The second-order valence-corrected chi connectivity index (χ2v) is 13.8. The van der Waals surface area contributed by atoms with Crippen molar-refractivity contribution in [2.75, 3.05) is 0 Å². The number of aliphatic carboxylic acids is 1. The fraction of sp³-hybridized carbons (Fsp3) is 0.774. The van der Waals surface area contributed by atoms with Crippen molar-refractivity contribution in [3.63, 3.8) is 0 Å². The fourth-order valence-electron chi connectivity index (χ4n) is 10.4. The highest BCUT2D eigenvalue weighted by Gasteiger charge is 2.67. The van der Waals surface area contributed by atoms with Gasteiger partial charge in [0.2, 0.25) is 0 Å². The summed E-state index contributed by atoms with van der Waals surface area (Å²) in [6, 6.07) is 6.87. The molecule has 4 fully saturated rings. The predicted octanol–water partition coefficient (Wildman–Crippen LogP) is 4.83. The summed E-state index contributed by atoms with van der Waals surface area (Å²) in [6.45, 7) is 6.55. The lowest BCUT2D eigenvalue weighted by atomic mass is 9.40. The lowest BCUT2D eigenvalue weighted by molar-refractivity contribution is -0.385. The Labute approximate surface area is 231 Å². The van der Waals surface area contributed by atoms with Gasteiger partial charge in [0.1, 0.15) is 0 Å². The Morgan fingerprint density at radius 3 is 2.46 bits per heavy atom. The molecule has 12 atom stereocenters. The first kappa shape index (κ1) is 28.5. The third kappa shape index (κ3) is 4.60. The van der Waals surface area contributed by atoms with Gasteiger partial charge in [0, 0.05) is 18.1 Å². The van der Waals surface area contributed by atoms with Crippen LogP contribution in [-0.2, 0) is 11.2 Å². The van der Waals surface area contributed by atoms with E-state index < -0.39 is 24.3 Å². The summed E-state index contributed by atoms with van der Waals surface area (Å²) < 4.78 is 0. The van der Waals surface area contributed by atoms with Crippen LogP contribution in [0.5, 0.6) is 0 Å². The molecule has 4 N–H and O–H groups in total. The van der Waals surface area contributed by atoms with Crippen LogP contribution in [0.2, 0.25) is 0 Å². The van der Waals surface area contributed by atoms with Crippen molar-refractivity contribution in [3.05, 3.63) is 39.9 Å². The molecular weight excluding hydrogens is 498 g/mol. The smallest absolute Gasteiger partial charge is 0.303 e. The zero-order valence-electron chi connectivity index (χ0n) is 23.4. The number of hydrogen-bond donors (Lipinski definition) is 4. The number of fused-ring (bicyclic) bond motifs is 5. The molecule has 0 saturated heterocycles. The number of nitrogens with zero attached hydrogens (tertiary/aromatic N) is 1. The number of para-hydroxylation sites is 1. The van der Waals surface area contributed by atoms with Crippen LogP contribution in [0.1, 0.15) is 77.7 Å². The Morgan fingerprint density at radius 2 is 1.77 bits per heavy atom. The maximum Gasteiger partial charge on any atom is 0.303 e. The molecule has 8 nitrogen and oxygen atoms in total. The minimum atomic E-state index is -0.795. The molecule has 1 aromatic carbocycles. The first-order valence-electron chi connectivity index (χ1n) is 14.9. The van der Waals surface area contributed by atoms with Crippen molar-refractivity contribution in [2.45, 2.75) is 96.9 Å². The first-order chi connectivity index (χ1) is 18.4. The summed E-state index contributed by atoms with van der Waals surface area (Å²) in [7, 11) is 0. The number of nitro benzene ring substituents is 1. The summed E-state index contributed by atoms with van der Waals surface area (Å²) in [5.41, 5.74) is 0.127. The second-order valence-electron chi connectivity index (χ2n) is 13.8. The number of carboxylic acids is 1. The topological polar surface area (TPSA) is 141 Å². The van der Waals surface area contributed by atoms with Gasteiger partial charge in [-0.05, 0) is 104 Å². The van der Waals surface area contributed by atoms with Crippen molar-refractivity contribution in [3.8, 4) is 0 Å². The lowest BCUT2D eigenvalue weighted by Gasteiger charge is -2.65. The summed E-state index contributed by atoms with van der Waals surface area (Å²) >= 11 is 0.